The van der Waals surface area contributed by atoms with Crippen LogP contribution in [0.25, 0.3) is 16.8 Å². The molecule has 0 saturated heterocycles. The number of pyridine rings is 1. The lowest BCUT2D eigenvalue weighted by Gasteiger charge is -2.11. The van der Waals surface area contributed by atoms with Crippen LogP contribution < -0.4 is 16.2 Å². The van der Waals surface area contributed by atoms with Gasteiger partial charge in [-0.15, -0.1) is 0 Å². The quantitative estimate of drug-likeness (QED) is 0.747. The zero-order chi connectivity index (χ0) is 19.4. The molecule has 0 spiro atoms. The lowest BCUT2D eigenvalue weighted by atomic mass is 10.1. The van der Waals surface area contributed by atoms with Crippen molar-refractivity contribution in [1.82, 2.24) is 4.57 Å². The molecule has 1 aromatic heterocycles. The normalized spacial score (nSPS) is 10.3. The van der Waals surface area contributed by atoms with Gasteiger partial charge >= 0.3 is 0 Å². The summed E-state index contributed by atoms with van der Waals surface area (Å²) in [5, 5.41) is 5.46. The molecule has 0 aliphatic rings. The first-order chi connectivity index (χ1) is 12.9. The van der Waals surface area contributed by atoms with E-state index in [4.69, 9.17) is 0 Å². The molecule has 0 fully saturated rings. The molecule has 6 nitrogen and oxygen atoms in total. The molecule has 0 aliphatic heterocycles. The van der Waals surface area contributed by atoms with Gasteiger partial charge in [-0.25, -0.2) is 0 Å². The van der Waals surface area contributed by atoms with E-state index in [-0.39, 0.29) is 17.4 Å². The molecule has 3 aromatic rings. The van der Waals surface area contributed by atoms with E-state index in [9.17, 15) is 14.4 Å². The number of rotatable bonds is 4. The van der Waals surface area contributed by atoms with E-state index in [0.29, 0.717) is 17.1 Å². The van der Waals surface area contributed by atoms with Crippen LogP contribution in [0, 0.1) is 0 Å². The van der Waals surface area contributed by atoms with Crippen LogP contribution in [0.15, 0.2) is 71.7 Å². The van der Waals surface area contributed by atoms with E-state index >= 15 is 0 Å². The molecule has 136 valence electrons. The molecule has 3 rings (SSSR count). The second-order valence-electron chi connectivity index (χ2n) is 6.12. The van der Waals surface area contributed by atoms with Gasteiger partial charge in [0.15, 0.2) is 0 Å². The van der Waals surface area contributed by atoms with Gasteiger partial charge in [0, 0.05) is 37.5 Å². The standard InChI is InChI=1S/C21H19N3O3/c1-14(25)22-18-6-3-5-16(11-18)17-9-10-21(27)24(13-17)20-8-4-7-19(12-20)23-15(2)26/h3-13H,1-2H3,(H,22,25)(H,23,26). The lowest BCUT2D eigenvalue weighted by molar-refractivity contribution is -0.115. The summed E-state index contributed by atoms with van der Waals surface area (Å²) >= 11 is 0. The number of benzene rings is 2. The van der Waals surface area contributed by atoms with E-state index in [2.05, 4.69) is 10.6 Å². The van der Waals surface area contributed by atoms with Gasteiger partial charge in [-0.1, -0.05) is 18.2 Å². The van der Waals surface area contributed by atoms with Gasteiger partial charge in [-0.2, -0.15) is 0 Å². The van der Waals surface area contributed by atoms with Crippen molar-refractivity contribution in [2.24, 2.45) is 0 Å². The third kappa shape index (κ3) is 4.49. The summed E-state index contributed by atoms with van der Waals surface area (Å²) in [6.07, 6.45) is 1.74. The Bertz CT molecular complexity index is 1070. The van der Waals surface area contributed by atoms with E-state index in [1.807, 2.05) is 18.2 Å². The van der Waals surface area contributed by atoms with Crippen LogP contribution in [0.4, 0.5) is 11.4 Å². The molecule has 0 bridgehead atoms. The molecule has 0 aliphatic carbocycles. The summed E-state index contributed by atoms with van der Waals surface area (Å²) < 4.78 is 1.52. The first kappa shape index (κ1) is 18.1. The number of carbonyl (C=O) groups is 2. The van der Waals surface area contributed by atoms with Crippen LogP contribution in [-0.4, -0.2) is 16.4 Å². The molecule has 2 aromatic carbocycles. The van der Waals surface area contributed by atoms with Crippen LogP contribution in [-0.2, 0) is 9.59 Å². The second-order valence-corrected chi connectivity index (χ2v) is 6.12. The number of hydrogen-bond donors (Lipinski definition) is 2. The van der Waals surface area contributed by atoms with Crippen LogP contribution in [0.3, 0.4) is 0 Å². The van der Waals surface area contributed by atoms with Gasteiger partial charge < -0.3 is 10.6 Å². The highest BCUT2D eigenvalue weighted by atomic mass is 16.2. The molecule has 0 saturated carbocycles. The Morgan fingerprint density at radius 1 is 0.778 bits per heavy atom. The molecule has 2 amide bonds. The topological polar surface area (TPSA) is 80.2 Å². The van der Waals surface area contributed by atoms with Crippen LogP contribution in [0.5, 0.6) is 0 Å². The van der Waals surface area contributed by atoms with Crippen molar-refractivity contribution in [2.45, 2.75) is 13.8 Å². The Morgan fingerprint density at radius 3 is 2.07 bits per heavy atom. The smallest absolute Gasteiger partial charge is 0.255 e. The van der Waals surface area contributed by atoms with Crippen molar-refractivity contribution in [1.29, 1.82) is 0 Å². The molecule has 2 N–H and O–H groups in total. The monoisotopic (exact) mass is 361 g/mol. The first-order valence-corrected chi connectivity index (χ1v) is 8.41. The third-order valence-corrected chi connectivity index (χ3v) is 3.87. The summed E-state index contributed by atoms with van der Waals surface area (Å²) in [5.41, 5.74) is 3.46. The Balaban J connectivity index is 2.02. The van der Waals surface area contributed by atoms with Gasteiger partial charge in [-0.3, -0.25) is 19.0 Å². The van der Waals surface area contributed by atoms with Crippen molar-refractivity contribution >= 4 is 23.2 Å². The minimum Gasteiger partial charge on any atom is -0.326 e. The number of amides is 2. The van der Waals surface area contributed by atoms with Gasteiger partial charge in [0.25, 0.3) is 5.56 Å². The summed E-state index contributed by atoms with van der Waals surface area (Å²) in [7, 11) is 0. The molecule has 27 heavy (non-hydrogen) atoms. The number of nitrogens with zero attached hydrogens (tertiary/aromatic N) is 1. The van der Waals surface area contributed by atoms with Gasteiger partial charge in [0.2, 0.25) is 11.8 Å². The Labute approximate surface area is 156 Å². The van der Waals surface area contributed by atoms with Gasteiger partial charge in [0.05, 0.1) is 5.69 Å². The lowest BCUT2D eigenvalue weighted by Crippen LogP contribution is -2.17. The Kier molecular flexibility index (Phi) is 5.17. The largest absolute Gasteiger partial charge is 0.326 e. The fourth-order valence-electron chi connectivity index (χ4n) is 2.78. The van der Waals surface area contributed by atoms with Crippen LogP contribution in [0.1, 0.15) is 13.8 Å². The maximum absolute atomic E-state index is 12.4. The number of carbonyl (C=O) groups excluding carboxylic acids is 2. The molecule has 0 radical (unpaired) electrons. The average molecular weight is 361 g/mol. The van der Waals surface area contributed by atoms with E-state index in [1.54, 1.807) is 42.6 Å². The summed E-state index contributed by atoms with van der Waals surface area (Å²) in [5.74, 6) is -0.324. The van der Waals surface area contributed by atoms with E-state index in [1.165, 1.54) is 24.5 Å². The van der Waals surface area contributed by atoms with E-state index in [0.717, 1.165) is 11.1 Å². The predicted molar refractivity (Wildman–Crippen MR) is 106 cm³/mol. The average Bonchev–Trinajstić information content (AvgIpc) is 2.61. The summed E-state index contributed by atoms with van der Waals surface area (Å²) in [6.45, 7) is 2.89. The number of hydrogen-bond acceptors (Lipinski definition) is 3. The highest BCUT2D eigenvalue weighted by molar-refractivity contribution is 5.90. The van der Waals surface area contributed by atoms with E-state index < -0.39 is 0 Å². The third-order valence-electron chi connectivity index (χ3n) is 3.87. The van der Waals surface area contributed by atoms with Gasteiger partial charge in [0.1, 0.15) is 0 Å². The molecular formula is C21H19N3O3. The molecule has 0 atom stereocenters. The zero-order valence-electron chi connectivity index (χ0n) is 15.0. The predicted octanol–water partition coefficient (Wildman–Crippen LogP) is 3.42. The van der Waals surface area contributed by atoms with Crippen molar-refractivity contribution < 1.29 is 9.59 Å². The highest BCUT2D eigenvalue weighted by Gasteiger charge is 2.06. The number of aromatic nitrogens is 1. The van der Waals surface area contributed by atoms with Crippen molar-refractivity contribution in [3.63, 3.8) is 0 Å². The summed E-state index contributed by atoms with van der Waals surface area (Å²) in [4.78, 5) is 34.9. The fourth-order valence-corrected chi connectivity index (χ4v) is 2.78. The minimum atomic E-state index is -0.184. The first-order valence-electron chi connectivity index (χ1n) is 8.41. The molecule has 6 heteroatoms. The molecular weight excluding hydrogens is 342 g/mol. The molecule has 0 unspecified atom stereocenters. The highest BCUT2D eigenvalue weighted by Crippen LogP contribution is 2.23. The number of nitrogens with one attached hydrogen (secondary N) is 2. The fraction of sp³-hybridized carbons (Fsp3) is 0.0952. The van der Waals surface area contributed by atoms with Crippen LogP contribution >= 0.6 is 0 Å². The zero-order valence-corrected chi connectivity index (χ0v) is 15.0. The summed E-state index contributed by atoms with van der Waals surface area (Å²) in [6, 6.07) is 17.7. The number of anilines is 2. The second kappa shape index (κ2) is 7.70. The van der Waals surface area contributed by atoms with Crippen molar-refractivity contribution in [3.05, 3.63) is 77.2 Å². The van der Waals surface area contributed by atoms with Crippen molar-refractivity contribution in [3.8, 4) is 16.8 Å². The van der Waals surface area contributed by atoms with Crippen molar-refractivity contribution in [2.75, 3.05) is 10.6 Å². The Morgan fingerprint density at radius 2 is 1.41 bits per heavy atom. The maximum Gasteiger partial charge on any atom is 0.255 e. The SMILES string of the molecule is CC(=O)Nc1cccc(-c2ccc(=O)n(-c3cccc(NC(C)=O)c3)c2)c1. The van der Waals surface area contributed by atoms with Gasteiger partial charge in [-0.05, 0) is 47.5 Å². The molecule has 1 heterocycles. The van der Waals surface area contributed by atoms with Crippen LogP contribution in [0.2, 0.25) is 0 Å². The maximum atomic E-state index is 12.4. The Hall–Kier alpha value is -3.67. The minimum absolute atomic E-state index is 0.146.